The third-order valence-corrected chi connectivity index (χ3v) is 2.21. The Kier molecular flexibility index (Phi) is 3.87. The highest BCUT2D eigenvalue weighted by Gasteiger charge is 2.22. The molecule has 0 aromatic carbocycles. The molecule has 0 aliphatic heterocycles. The van der Waals surface area contributed by atoms with Crippen LogP contribution in [0.4, 0.5) is 0 Å². The Morgan fingerprint density at radius 2 is 2.09 bits per heavy atom. The minimum absolute atomic E-state index is 0.345. The first-order valence-corrected chi connectivity index (χ1v) is 4.62. The van der Waals surface area contributed by atoms with Crippen LogP contribution in [0, 0.1) is 5.92 Å². The molecule has 0 atom stereocenters. The van der Waals surface area contributed by atoms with Gasteiger partial charge in [-0.05, 0) is 45.2 Å². The van der Waals surface area contributed by atoms with Crippen molar-refractivity contribution in [3.8, 4) is 0 Å². The Bertz CT molecular complexity index is 102. The number of aliphatic hydroxyl groups excluding tert-OH is 1. The van der Waals surface area contributed by atoms with Gasteiger partial charge in [-0.3, -0.25) is 0 Å². The maximum Gasteiger partial charge on any atom is 0.0431 e. The van der Waals surface area contributed by atoms with Crippen molar-refractivity contribution in [3.05, 3.63) is 0 Å². The van der Waals surface area contributed by atoms with E-state index in [2.05, 4.69) is 11.9 Å². The molecule has 0 unspecified atom stereocenters. The van der Waals surface area contributed by atoms with E-state index in [1.54, 1.807) is 0 Å². The summed E-state index contributed by atoms with van der Waals surface area (Å²) >= 11 is 0. The van der Waals surface area contributed by atoms with Gasteiger partial charge >= 0.3 is 0 Å². The van der Waals surface area contributed by atoms with Crippen LogP contribution in [0.15, 0.2) is 0 Å². The second-order valence-electron chi connectivity index (χ2n) is 3.64. The van der Waals surface area contributed by atoms with Crippen molar-refractivity contribution in [1.29, 1.82) is 0 Å². The second kappa shape index (κ2) is 4.73. The second-order valence-corrected chi connectivity index (χ2v) is 3.64. The lowest BCUT2D eigenvalue weighted by Crippen LogP contribution is -2.22. The van der Waals surface area contributed by atoms with E-state index in [-0.39, 0.29) is 0 Å². The molecule has 0 radical (unpaired) electrons. The Morgan fingerprint density at radius 3 is 2.64 bits per heavy atom. The average Bonchev–Trinajstić information content (AvgIpc) is 2.72. The molecule has 0 saturated heterocycles. The standard InChI is InChI=1S/C9H19NO/c1-10(6-2-3-7-11)8-9-4-5-9/h9,11H,2-8H2,1H3. The van der Waals surface area contributed by atoms with Gasteiger partial charge in [-0.15, -0.1) is 0 Å². The van der Waals surface area contributed by atoms with E-state index in [0.29, 0.717) is 6.61 Å². The largest absolute Gasteiger partial charge is 0.396 e. The van der Waals surface area contributed by atoms with Crippen molar-refractivity contribution in [2.24, 2.45) is 5.92 Å². The van der Waals surface area contributed by atoms with Crippen molar-refractivity contribution >= 4 is 0 Å². The van der Waals surface area contributed by atoms with Crippen molar-refractivity contribution < 1.29 is 5.11 Å². The Labute approximate surface area is 69.2 Å². The van der Waals surface area contributed by atoms with Crippen LogP contribution in [0.2, 0.25) is 0 Å². The van der Waals surface area contributed by atoms with E-state index < -0.39 is 0 Å². The fraction of sp³-hybridized carbons (Fsp3) is 1.00. The molecule has 1 aliphatic rings. The van der Waals surface area contributed by atoms with Gasteiger partial charge < -0.3 is 10.0 Å². The lowest BCUT2D eigenvalue weighted by molar-refractivity contribution is 0.260. The normalized spacial score (nSPS) is 17.7. The molecule has 2 heteroatoms. The number of hydrogen-bond acceptors (Lipinski definition) is 2. The first kappa shape index (κ1) is 9.01. The first-order chi connectivity index (χ1) is 5.33. The van der Waals surface area contributed by atoms with Gasteiger partial charge in [-0.25, -0.2) is 0 Å². The van der Waals surface area contributed by atoms with Crippen molar-refractivity contribution in [2.45, 2.75) is 25.7 Å². The van der Waals surface area contributed by atoms with Crippen LogP contribution >= 0.6 is 0 Å². The molecule has 1 N–H and O–H groups in total. The zero-order chi connectivity index (χ0) is 8.10. The van der Waals surface area contributed by atoms with Crippen LogP contribution < -0.4 is 0 Å². The topological polar surface area (TPSA) is 23.5 Å². The molecule has 66 valence electrons. The Balaban J connectivity index is 1.87. The molecule has 1 rings (SSSR count). The average molecular weight is 157 g/mol. The van der Waals surface area contributed by atoms with E-state index >= 15 is 0 Å². The summed E-state index contributed by atoms with van der Waals surface area (Å²) in [7, 11) is 2.18. The predicted octanol–water partition coefficient (Wildman–Crippen LogP) is 1.10. The minimum Gasteiger partial charge on any atom is -0.396 e. The number of unbranched alkanes of at least 4 members (excludes halogenated alkanes) is 1. The smallest absolute Gasteiger partial charge is 0.0431 e. The summed E-state index contributed by atoms with van der Waals surface area (Å²) in [6.45, 7) is 2.76. The lowest BCUT2D eigenvalue weighted by atomic mass is 10.3. The summed E-state index contributed by atoms with van der Waals surface area (Å²) in [4.78, 5) is 2.38. The van der Waals surface area contributed by atoms with E-state index in [9.17, 15) is 0 Å². The maximum absolute atomic E-state index is 8.55. The van der Waals surface area contributed by atoms with Gasteiger partial charge in [0, 0.05) is 13.2 Å². The van der Waals surface area contributed by atoms with Crippen LogP contribution in [0.1, 0.15) is 25.7 Å². The molecular formula is C9H19NO. The van der Waals surface area contributed by atoms with E-state index in [1.807, 2.05) is 0 Å². The van der Waals surface area contributed by atoms with Gasteiger partial charge in [0.15, 0.2) is 0 Å². The summed E-state index contributed by atoms with van der Waals surface area (Å²) in [6.07, 6.45) is 4.96. The maximum atomic E-state index is 8.55. The van der Waals surface area contributed by atoms with Crippen molar-refractivity contribution in [3.63, 3.8) is 0 Å². The van der Waals surface area contributed by atoms with Gasteiger partial charge in [-0.2, -0.15) is 0 Å². The lowest BCUT2D eigenvalue weighted by Gasteiger charge is -2.15. The SMILES string of the molecule is CN(CCCCO)CC1CC1. The molecule has 1 fully saturated rings. The molecule has 0 aromatic rings. The van der Waals surface area contributed by atoms with E-state index in [1.165, 1.54) is 19.4 Å². The molecule has 1 saturated carbocycles. The van der Waals surface area contributed by atoms with Crippen LogP contribution in [-0.4, -0.2) is 36.8 Å². The van der Waals surface area contributed by atoms with Crippen LogP contribution in [0.25, 0.3) is 0 Å². The number of hydrogen-bond donors (Lipinski definition) is 1. The first-order valence-electron chi connectivity index (χ1n) is 4.62. The molecule has 0 amide bonds. The van der Waals surface area contributed by atoms with Crippen molar-refractivity contribution in [2.75, 3.05) is 26.7 Å². The number of nitrogens with zero attached hydrogens (tertiary/aromatic N) is 1. The third kappa shape index (κ3) is 4.38. The molecule has 11 heavy (non-hydrogen) atoms. The summed E-state index contributed by atoms with van der Waals surface area (Å²) in [5.41, 5.74) is 0. The van der Waals surface area contributed by atoms with Crippen LogP contribution in [0.3, 0.4) is 0 Å². The molecule has 0 bridgehead atoms. The zero-order valence-corrected chi connectivity index (χ0v) is 7.42. The quantitative estimate of drug-likeness (QED) is 0.584. The number of rotatable bonds is 6. The Morgan fingerprint density at radius 1 is 1.36 bits per heavy atom. The monoisotopic (exact) mass is 157 g/mol. The minimum atomic E-state index is 0.345. The van der Waals surface area contributed by atoms with E-state index in [4.69, 9.17) is 5.11 Å². The fourth-order valence-electron chi connectivity index (χ4n) is 1.33. The molecule has 0 heterocycles. The van der Waals surface area contributed by atoms with Gasteiger partial charge in [0.05, 0.1) is 0 Å². The van der Waals surface area contributed by atoms with Gasteiger partial charge in [0.2, 0.25) is 0 Å². The fourth-order valence-corrected chi connectivity index (χ4v) is 1.33. The molecule has 0 aromatic heterocycles. The molecule has 1 aliphatic carbocycles. The summed E-state index contributed by atoms with van der Waals surface area (Å²) in [6, 6.07) is 0. The highest BCUT2D eigenvalue weighted by molar-refractivity contribution is 4.75. The summed E-state index contributed by atoms with van der Waals surface area (Å²) in [5, 5.41) is 8.55. The highest BCUT2D eigenvalue weighted by atomic mass is 16.2. The Hall–Kier alpha value is -0.0800. The van der Waals surface area contributed by atoms with Gasteiger partial charge in [0.1, 0.15) is 0 Å². The predicted molar refractivity (Wildman–Crippen MR) is 46.5 cm³/mol. The molecule has 0 spiro atoms. The molecule has 2 nitrogen and oxygen atoms in total. The van der Waals surface area contributed by atoms with Crippen LogP contribution in [0.5, 0.6) is 0 Å². The zero-order valence-electron chi connectivity index (χ0n) is 7.42. The highest BCUT2D eigenvalue weighted by Crippen LogP contribution is 2.29. The van der Waals surface area contributed by atoms with Crippen LogP contribution in [-0.2, 0) is 0 Å². The summed E-state index contributed by atoms with van der Waals surface area (Å²) in [5.74, 6) is 0.995. The third-order valence-electron chi connectivity index (χ3n) is 2.21. The van der Waals surface area contributed by atoms with Gasteiger partial charge in [-0.1, -0.05) is 0 Å². The van der Waals surface area contributed by atoms with Gasteiger partial charge in [0.25, 0.3) is 0 Å². The summed E-state index contributed by atoms with van der Waals surface area (Å²) < 4.78 is 0. The number of aliphatic hydroxyl groups is 1. The van der Waals surface area contributed by atoms with Crippen molar-refractivity contribution in [1.82, 2.24) is 4.90 Å². The molecular weight excluding hydrogens is 138 g/mol. The van der Waals surface area contributed by atoms with E-state index in [0.717, 1.165) is 25.3 Å².